The van der Waals surface area contributed by atoms with E-state index in [0.717, 1.165) is 5.56 Å². The lowest BCUT2D eigenvalue weighted by molar-refractivity contribution is -0.116. The summed E-state index contributed by atoms with van der Waals surface area (Å²) in [4.78, 5) is 12.6. The number of methoxy groups -OCH3 is 1. The molecule has 2 N–H and O–H groups in total. The second kappa shape index (κ2) is 11.1. The van der Waals surface area contributed by atoms with Crippen LogP contribution in [0.2, 0.25) is 0 Å². The number of hydrogen-bond acceptors (Lipinski definition) is 5. The monoisotopic (exact) mass is 490 g/mol. The Kier molecular flexibility index (Phi) is 8.19. The van der Waals surface area contributed by atoms with Crippen LogP contribution in [0.5, 0.6) is 11.5 Å². The smallest absolute Gasteiger partial charge is 0.387 e. The molecule has 7 nitrogen and oxygen atoms in total. The van der Waals surface area contributed by atoms with Gasteiger partial charge in [-0.2, -0.15) is 8.78 Å². The lowest BCUT2D eigenvalue weighted by Gasteiger charge is -2.14. The number of rotatable bonds is 10. The van der Waals surface area contributed by atoms with Gasteiger partial charge < -0.3 is 14.8 Å². The van der Waals surface area contributed by atoms with Crippen molar-refractivity contribution in [1.29, 1.82) is 0 Å². The van der Waals surface area contributed by atoms with Crippen LogP contribution in [0.25, 0.3) is 11.1 Å². The SMILES string of the molecule is CNS(=O)(=O)c1ccc(CCC(=O)Nc2ccc(OC(F)F)c(-c3ccc(OC)cc3)c2)cc1. The summed E-state index contributed by atoms with van der Waals surface area (Å²) in [6, 6.07) is 17.5. The Labute approximate surface area is 196 Å². The average Bonchev–Trinajstić information content (AvgIpc) is 2.83. The Hall–Kier alpha value is -3.50. The van der Waals surface area contributed by atoms with Crippen molar-refractivity contribution in [3.8, 4) is 22.6 Å². The minimum atomic E-state index is -3.52. The third kappa shape index (κ3) is 6.52. The zero-order valence-electron chi connectivity index (χ0n) is 18.5. The molecular weight excluding hydrogens is 466 g/mol. The number of aryl methyl sites for hydroxylation is 1. The van der Waals surface area contributed by atoms with E-state index in [9.17, 15) is 22.0 Å². The first-order valence-electron chi connectivity index (χ1n) is 10.3. The molecule has 0 radical (unpaired) electrons. The molecule has 0 spiro atoms. The fourth-order valence-corrected chi connectivity index (χ4v) is 3.97. The number of nitrogens with one attached hydrogen (secondary N) is 2. The van der Waals surface area contributed by atoms with Gasteiger partial charge in [-0.15, -0.1) is 0 Å². The Morgan fingerprint density at radius 3 is 2.26 bits per heavy atom. The number of alkyl halides is 2. The Bertz CT molecular complexity index is 1230. The lowest BCUT2D eigenvalue weighted by atomic mass is 10.0. The van der Waals surface area contributed by atoms with Gasteiger partial charge in [-0.3, -0.25) is 4.79 Å². The molecule has 0 saturated heterocycles. The molecule has 0 bridgehead atoms. The molecule has 0 aliphatic rings. The molecule has 0 aliphatic carbocycles. The van der Waals surface area contributed by atoms with Gasteiger partial charge in [0.15, 0.2) is 0 Å². The maximum Gasteiger partial charge on any atom is 0.387 e. The maximum atomic E-state index is 12.9. The van der Waals surface area contributed by atoms with Crippen LogP contribution in [0.1, 0.15) is 12.0 Å². The van der Waals surface area contributed by atoms with E-state index in [4.69, 9.17) is 4.74 Å². The molecule has 0 atom stereocenters. The summed E-state index contributed by atoms with van der Waals surface area (Å²) in [6.45, 7) is -2.99. The highest BCUT2D eigenvalue weighted by atomic mass is 32.2. The summed E-state index contributed by atoms with van der Waals surface area (Å²) >= 11 is 0. The van der Waals surface area contributed by atoms with Crippen LogP contribution >= 0.6 is 0 Å². The normalized spacial score (nSPS) is 11.3. The molecule has 0 heterocycles. The summed E-state index contributed by atoms with van der Waals surface area (Å²) in [5.74, 6) is 0.311. The third-order valence-electron chi connectivity index (χ3n) is 5.02. The van der Waals surface area contributed by atoms with Crippen molar-refractivity contribution in [2.75, 3.05) is 19.5 Å². The predicted octanol–water partition coefficient (Wildman–Crippen LogP) is 4.44. The number of sulfonamides is 1. The molecule has 0 aromatic heterocycles. The van der Waals surface area contributed by atoms with Crippen molar-refractivity contribution in [1.82, 2.24) is 4.72 Å². The molecule has 10 heteroatoms. The van der Waals surface area contributed by atoms with Crippen molar-refractivity contribution in [2.24, 2.45) is 0 Å². The van der Waals surface area contributed by atoms with E-state index in [0.29, 0.717) is 29.0 Å². The third-order valence-corrected chi connectivity index (χ3v) is 6.45. The fraction of sp³-hybridized carbons (Fsp3) is 0.208. The first-order valence-corrected chi connectivity index (χ1v) is 11.8. The van der Waals surface area contributed by atoms with E-state index in [2.05, 4.69) is 14.8 Å². The van der Waals surface area contributed by atoms with Gasteiger partial charge in [0.25, 0.3) is 0 Å². The first kappa shape index (κ1) is 25.1. The van der Waals surface area contributed by atoms with Gasteiger partial charge in [-0.05, 0) is 67.1 Å². The molecule has 0 saturated carbocycles. The van der Waals surface area contributed by atoms with Gasteiger partial charge >= 0.3 is 6.61 Å². The minimum absolute atomic E-state index is 0.0187. The summed E-state index contributed by atoms with van der Waals surface area (Å²) in [5.41, 5.74) is 2.23. The van der Waals surface area contributed by atoms with Crippen LogP contribution < -0.4 is 19.5 Å². The van der Waals surface area contributed by atoms with Gasteiger partial charge in [0, 0.05) is 17.7 Å². The number of carbonyl (C=O) groups excluding carboxylic acids is 1. The molecule has 34 heavy (non-hydrogen) atoms. The maximum absolute atomic E-state index is 12.9. The zero-order chi connectivity index (χ0) is 24.7. The molecule has 0 fully saturated rings. The number of halogens is 2. The Morgan fingerprint density at radius 2 is 1.68 bits per heavy atom. The number of ether oxygens (including phenoxy) is 2. The second-order valence-corrected chi connectivity index (χ2v) is 9.10. The number of anilines is 1. The zero-order valence-corrected chi connectivity index (χ0v) is 19.4. The van der Waals surface area contributed by atoms with Crippen molar-refractivity contribution >= 4 is 21.6 Å². The van der Waals surface area contributed by atoms with E-state index in [1.165, 1.54) is 38.4 Å². The van der Waals surface area contributed by atoms with Gasteiger partial charge in [-0.1, -0.05) is 24.3 Å². The molecule has 3 aromatic rings. The summed E-state index contributed by atoms with van der Waals surface area (Å²) in [7, 11) is -0.667. The minimum Gasteiger partial charge on any atom is -0.497 e. The van der Waals surface area contributed by atoms with Gasteiger partial charge in [0.2, 0.25) is 15.9 Å². The number of carbonyl (C=O) groups is 1. The Balaban J connectivity index is 1.71. The van der Waals surface area contributed by atoms with Gasteiger partial charge in [0.05, 0.1) is 12.0 Å². The fourth-order valence-electron chi connectivity index (χ4n) is 3.24. The summed E-state index contributed by atoms with van der Waals surface area (Å²) in [5, 5.41) is 2.76. The number of benzene rings is 3. The predicted molar refractivity (Wildman–Crippen MR) is 125 cm³/mol. The standard InChI is InChI=1S/C24H24F2N2O5S/c1-27-34(30,31)20-11-3-16(4-12-20)5-14-23(29)28-18-8-13-22(33-24(25)26)21(15-18)17-6-9-19(32-2)10-7-17/h3-4,6-13,15,24,27H,5,14H2,1-2H3,(H,28,29). The molecular formula is C24H24F2N2O5S. The highest BCUT2D eigenvalue weighted by Gasteiger charge is 2.14. The molecule has 1 amide bonds. The summed E-state index contributed by atoms with van der Waals surface area (Å²) < 4.78 is 61.3. The van der Waals surface area contributed by atoms with Crippen LogP contribution in [-0.2, 0) is 21.2 Å². The topological polar surface area (TPSA) is 93.7 Å². The van der Waals surface area contributed by atoms with E-state index in [-0.39, 0.29) is 23.0 Å². The molecule has 180 valence electrons. The largest absolute Gasteiger partial charge is 0.497 e. The van der Waals surface area contributed by atoms with Crippen LogP contribution in [0.3, 0.4) is 0 Å². The quantitative estimate of drug-likeness (QED) is 0.438. The number of amides is 1. The van der Waals surface area contributed by atoms with Crippen molar-refractivity contribution in [2.45, 2.75) is 24.3 Å². The first-order chi connectivity index (χ1) is 16.2. The molecule has 0 unspecified atom stereocenters. The molecule has 3 rings (SSSR count). The van der Waals surface area contributed by atoms with Crippen LogP contribution in [0.15, 0.2) is 71.6 Å². The van der Waals surface area contributed by atoms with Crippen LogP contribution in [0, 0.1) is 0 Å². The van der Waals surface area contributed by atoms with Crippen molar-refractivity contribution in [3.63, 3.8) is 0 Å². The highest BCUT2D eigenvalue weighted by molar-refractivity contribution is 7.89. The second-order valence-electron chi connectivity index (χ2n) is 7.22. The van der Waals surface area contributed by atoms with Crippen LogP contribution in [-0.4, -0.2) is 35.1 Å². The average molecular weight is 491 g/mol. The molecule has 0 aliphatic heterocycles. The van der Waals surface area contributed by atoms with E-state index >= 15 is 0 Å². The van der Waals surface area contributed by atoms with Crippen molar-refractivity contribution in [3.05, 3.63) is 72.3 Å². The lowest BCUT2D eigenvalue weighted by Crippen LogP contribution is -2.18. The number of hydrogen-bond donors (Lipinski definition) is 2. The Morgan fingerprint density at radius 1 is 1.00 bits per heavy atom. The molecule has 3 aromatic carbocycles. The van der Waals surface area contributed by atoms with E-state index < -0.39 is 16.6 Å². The highest BCUT2D eigenvalue weighted by Crippen LogP contribution is 2.34. The van der Waals surface area contributed by atoms with Crippen molar-refractivity contribution < 1.29 is 31.5 Å². The van der Waals surface area contributed by atoms with Gasteiger partial charge in [0.1, 0.15) is 11.5 Å². The van der Waals surface area contributed by atoms with E-state index in [1.807, 2.05) is 0 Å². The summed E-state index contributed by atoms with van der Waals surface area (Å²) in [6.07, 6.45) is 0.537. The van der Waals surface area contributed by atoms with E-state index in [1.54, 1.807) is 42.5 Å². The van der Waals surface area contributed by atoms with Crippen LogP contribution in [0.4, 0.5) is 14.5 Å². The van der Waals surface area contributed by atoms with Gasteiger partial charge in [-0.25, -0.2) is 13.1 Å².